The van der Waals surface area contributed by atoms with Crippen LogP contribution in [0, 0.1) is 0 Å². The summed E-state index contributed by atoms with van der Waals surface area (Å²) in [6, 6.07) is 29.3. The van der Waals surface area contributed by atoms with Gasteiger partial charge in [-0.3, -0.25) is 24.3 Å². The fraction of sp³-hybridized carbons (Fsp3) is 0.333. The number of phenols is 1. The zero-order chi connectivity index (χ0) is 40.0. The smallest absolute Gasteiger partial charge is 0.401 e. The van der Waals surface area contributed by atoms with Gasteiger partial charge in [-0.05, 0) is 91.4 Å². The average molecular weight is 828 g/mol. The van der Waals surface area contributed by atoms with Gasteiger partial charge in [0.2, 0.25) is 6.79 Å². The minimum absolute atomic E-state index is 0. The maximum absolute atomic E-state index is 15.3. The summed E-state index contributed by atoms with van der Waals surface area (Å²) in [5.41, 5.74) is 6.67. The summed E-state index contributed by atoms with van der Waals surface area (Å²) in [7, 11) is 0. The largest absolute Gasteiger partial charge is 0.508 e. The Morgan fingerprint density at radius 3 is 2.15 bits per heavy atom. The van der Waals surface area contributed by atoms with E-state index in [2.05, 4.69) is 15.5 Å². The maximum Gasteiger partial charge on any atom is 0.401 e. The Morgan fingerprint density at radius 1 is 0.763 bits per heavy atom. The van der Waals surface area contributed by atoms with Crippen molar-refractivity contribution in [2.45, 2.75) is 51.0 Å². The van der Waals surface area contributed by atoms with Crippen LogP contribution in [0.3, 0.4) is 0 Å². The number of nitrogens with zero attached hydrogens (tertiary/aromatic N) is 5. The van der Waals surface area contributed by atoms with Crippen LogP contribution >= 0.6 is 12.4 Å². The van der Waals surface area contributed by atoms with Crippen LogP contribution in [0.2, 0.25) is 0 Å². The molecular weight excluding hydrogens is 783 g/mol. The van der Waals surface area contributed by atoms with Crippen molar-refractivity contribution in [3.05, 3.63) is 125 Å². The molecule has 0 bridgehead atoms. The number of carbonyl (C=O) groups is 2. The van der Waals surface area contributed by atoms with Crippen molar-refractivity contribution in [3.8, 4) is 28.5 Å². The number of fused-ring (bicyclic) bond motifs is 3. The summed E-state index contributed by atoms with van der Waals surface area (Å²) in [4.78, 5) is 37.3. The van der Waals surface area contributed by atoms with Crippen molar-refractivity contribution in [2.24, 2.45) is 0 Å². The van der Waals surface area contributed by atoms with Crippen LogP contribution in [-0.4, -0.2) is 94.5 Å². The van der Waals surface area contributed by atoms with E-state index in [9.17, 15) is 23.1 Å². The molecule has 0 saturated carbocycles. The molecule has 1 aromatic heterocycles. The third-order valence-corrected chi connectivity index (χ3v) is 11.8. The van der Waals surface area contributed by atoms with Crippen molar-refractivity contribution < 1.29 is 37.3 Å². The van der Waals surface area contributed by atoms with Crippen LogP contribution in [0.25, 0.3) is 11.3 Å². The van der Waals surface area contributed by atoms with Gasteiger partial charge in [-0.25, -0.2) is 0 Å². The highest BCUT2D eigenvalue weighted by Crippen LogP contribution is 2.43. The molecule has 4 aliphatic heterocycles. The Hall–Kier alpha value is -5.50. The number of hydrogen-bond donors (Lipinski definition) is 1. The normalized spacial score (nSPS) is 17.8. The Morgan fingerprint density at radius 2 is 1.42 bits per heavy atom. The minimum Gasteiger partial charge on any atom is -0.508 e. The topological polar surface area (TPSA) is 90.7 Å². The highest BCUT2D eigenvalue weighted by atomic mass is 35.5. The lowest BCUT2D eigenvalue weighted by atomic mass is 9.92. The van der Waals surface area contributed by atoms with Gasteiger partial charge >= 0.3 is 6.18 Å². The Bertz CT molecular complexity index is 2330. The summed E-state index contributed by atoms with van der Waals surface area (Å²) in [5, 5.41) is 10.1. The highest BCUT2D eigenvalue weighted by molar-refractivity contribution is 6.12. The molecule has 1 atom stereocenters. The standard InChI is InChI=1S/C45H44F3N5O5.ClH/c46-45(47,48)28-50-20-18-49(19-21-50)27-34-22-30-8-4-5-9-31(30)26-52(34)43(55)37-25-42-41(57-29-58-42)24-36(37)40-23-38(39-12-6-7-17-51(39)40)44(56)53(32-10-2-1-3-11-32)33-13-15-35(54)16-14-33;/h1-5,8-11,13-16,23-25,34,54H,6-7,12,17-22,26-29H2;1H/t34-;/m0./s1. The number of carbonyl (C=O) groups excluding carboxylic acids is 2. The second-order valence-electron chi connectivity index (χ2n) is 15.5. The second kappa shape index (κ2) is 16.6. The molecule has 0 radical (unpaired) electrons. The van der Waals surface area contributed by atoms with Crippen LogP contribution < -0.4 is 14.4 Å². The Kier molecular flexibility index (Phi) is 11.4. The van der Waals surface area contributed by atoms with Gasteiger partial charge < -0.3 is 24.0 Å². The van der Waals surface area contributed by atoms with Gasteiger partial charge in [0.15, 0.2) is 11.5 Å². The molecule has 0 spiro atoms. The van der Waals surface area contributed by atoms with Crippen LogP contribution in [0.1, 0.15) is 50.4 Å². The summed E-state index contributed by atoms with van der Waals surface area (Å²) in [5.74, 6) is 0.642. The van der Waals surface area contributed by atoms with Crippen molar-refractivity contribution >= 4 is 35.6 Å². The first kappa shape index (κ1) is 40.3. The van der Waals surface area contributed by atoms with Gasteiger partial charge in [-0.2, -0.15) is 13.2 Å². The summed E-state index contributed by atoms with van der Waals surface area (Å²) in [6.07, 6.45) is -1.16. The van der Waals surface area contributed by atoms with E-state index < -0.39 is 12.7 Å². The lowest BCUT2D eigenvalue weighted by molar-refractivity contribution is -0.149. The number of alkyl halides is 3. The number of ether oxygens (including phenoxy) is 2. The van der Waals surface area contributed by atoms with Gasteiger partial charge in [0, 0.05) is 80.2 Å². The Balaban J connectivity index is 0.00000484. The molecule has 5 heterocycles. The number of anilines is 2. The van der Waals surface area contributed by atoms with Gasteiger partial charge in [-0.15, -0.1) is 12.4 Å². The number of benzene rings is 4. The van der Waals surface area contributed by atoms with E-state index in [1.54, 1.807) is 35.2 Å². The molecule has 10 nitrogen and oxygen atoms in total. The number of piperazine rings is 1. The number of aromatic hydroxyl groups is 1. The zero-order valence-corrected chi connectivity index (χ0v) is 33.2. The van der Waals surface area contributed by atoms with E-state index in [0.717, 1.165) is 35.4 Å². The van der Waals surface area contributed by atoms with Crippen LogP contribution in [-0.2, 0) is 25.9 Å². The first-order valence-corrected chi connectivity index (χ1v) is 19.8. The number of halogens is 4. The number of para-hydroxylation sites is 1. The van der Waals surface area contributed by atoms with Crippen LogP contribution in [0.15, 0.2) is 97.1 Å². The fourth-order valence-corrected chi connectivity index (χ4v) is 8.92. The van der Waals surface area contributed by atoms with Gasteiger partial charge in [0.1, 0.15) is 5.75 Å². The first-order valence-electron chi connectivity index (χ1n) is 19.8. The zero-order valence-electron chi connectivity index (χ0n) is 32.4. The third-order valence-electron chi connectivity index (χ3n) is 11.8. The van der Waals surface area contributed by atoms with Crippen molar-refractivity contribution in [2.75, 3.05) is 51.0 Å². The predicted molar refractivity (Wildman–Crippen MR) is 220 cm³/mol. The molecule has 14 heteroatoms. The fourth-order valence-electron chi connectivity index (χ4n) is 8.92. The summed E-state index contributed by atoms with van der Waals surface area (Å²) >= 11 is 0. The second-order valence-corrected chi connectivity index (χ2v) is 15.5. The molecule has 4 aromatic carbocycles. The molecule has 2 amide bonds. The van der Waals surface area contributed by atoms with E-state index in [-0.39, 0.29) is 42.8 Å². The molecule has 59 heavy (non-hydrogen) atoms. The lowest BCUT2D eigenvalue weighted by Crippen LogP contribution is -2.55. The van der Waals surface area contributed by atoms with Gasteiger partial charge in [0.25, 0.3) is 11.8 Å². The minimum atomic E-state index is -4.25. The Labute approximate surface area is 346 Å². The van der Waals surface area contributed by atoms with Crippen molar-refractivity contribution in [3.63, 3.8) is 0 Å². The van der Waals surface area contributed by atoms with Gasteiger partial charge in [-0.1, -0.05) is 42.5 Å². The van der Waals surface area contributed by atoms with E-state index in [1.165, 1.54) is 4.90 Å². The molecule has 0 aliphatic carbocycles. The average Bonchev–Trinajstić information content (AvgIpc) is 3.86. The number of phenolic OH excluding ortho intramolecular Hbond substituents is 1. The van der Waals surface area contributed by atoms with Crippen LogP contribution in [0.5, 0.6) is 17.2 Å². The molecule has 1 fully saturated rings. The van der Waals surface area contributed by atoms with E-state index in [0.29, 0.717) is 98.2 Å². The van der Waals surface area contributed by atoms with E-state index in [1.807, 2.05) is 65.6 Å². The third kappa shape index (κ3) is 8.24. The summed E-state index contributed by atoms with van der Waals surface area (Å²) < 4.78 is 53.4. The predicted octanol–water partition coefficient (Wildman–Crippen LogP) is 8.07. The molecule has 1 saturated heterocycles. The molecular formula is C45H45ClF3N5O5. The number of amides is 2. The molecule has 5 aromatic rings. The monoisotopic (exact) mass is 827 g/mol. The molecule has 0 unspecified atom stereocenters. The number of hydrogen-bond acceptors (Lipinski definition) is 7. The lowest BCUT2D eigenvalue weighted by Gasteiger charge is -2.42. The van der Waals surface area contributed by atoms with Crippen molar-refractivity contribution in [1.82, 2.24) is 19.3 Å². The van der Waals surface area contributed by atoms with E-state index in [4.69, 9.17) is 9.47 Å². The molecule has 308 valence electrons. The molecule has 4 aliphatic rings. The molecule has 1 N–H and O–H groups in total. The van der Waals surface area contributed by atoms with Crippen molar-refractivity contribution in [1.29, 1.82) is 0 Å². The number of aromatic nitrogens is 1. The van der Waals surface area contributed by atoms with Gasteiger partial charge in [0.05, 0.1) is 17.7 Å². The highest BCUT2D eigenvalue weighted by Gasteiger charge is 2.37. The van der Waals surface area contributed by atoms with E-state index >= 15 is 4.79 Å². The van der Waals surface area contributed by atoms with Crippen LogP contribution in [0.4, 0.5) is 24.5 Å². The maximum atomic E-state index is 15.3. The SMILES string of the molecule is Cl.O=C(c1cc(-c2cc3c(cc2C(=O)N2Cc4ccccc4C[C@H]2CN2CCN(CC(F)(F)F)CC2)OCO3)n2c1CCCC2)N(c1ccccc1)c1ccc(O)cc1. The quantitative estimate of drug-likeness (QED) is 0.169. The number of rotatable bonds is 8. The summed E-state index contributed by atoms with van der Waals surface area (Å²) in [6.45, 7) is 2.20. The molecule has 9 rings (SSSR count). The first-order chi connectivity index (χ1) is 28.1.